The fourth-order valence-corrected chi connectivity index (χ4v) is 2.38. The van der Waals surface area contributed by atoms with Crippen LogP contribution in [-0.4, -0.2) is 25.9 Å². The van der Waals surface area contributed by atoms with Gasteiger partial charge in [-0.25, -0.2) is 0 Å². The molecule has 1 aliphatic heterocycles. The molecule has 0 fully saturated rings. The van der Waals surface area contributed by atoms with Crippen molar-refractivity contribution in [1.29, 1.82) is 0 Å². The number of benzene rings is 1. The van der Waals surface area contributed by atoms with Crippen molar-refractivity contribution in [2.75, 3.05) is 19.8 Å². The maximum absolute atomic E-state index is 5.66. The van der Waals surface area contributed by atoms with Crippen LogP contribution in [0.25, 0.3) is 0 Å². The van der Waals surface area contributed by atoms with E-state index in [1.807, 2.05) is 6.07 Å². The van der Waals surface area contributed by atoms with Crippen LogP contribution in [-0.2, 0) is 4.74 Å². The Morgan fingerprint density at radius 2 is 2.16 bits per heavy atom. The average molecular weight is 263 g/mol. The SMILES string of the molecule is CC(C)OCCCCNC1CCOc2ccccc21. The Labute approximate surface area is 116 Å². The van der Waals surface area contributed by atoms with Crippen molar-refractivity contribution in [3.63, 3.8) is 0 Å². The molecule has 1 atom stereocenters. The number of hydrogen-bond acceptors (Lipinski definition) is 3. The lowest BCUT2D eigenvalue weighted by Gasteiger charge is -2.26. The monoisotopic (exact) mass is 263 g/mol. The molecule has 1 unspecified atom stereocenters. The summed E-state index contributed by atoms with van der Waals surface area (Å²) in [4.78, 5) is 0. The molecule has 1 heterocycles. The van der Waals surface area contributed by atoms with Crippen molar-refractivity contribution in [2.24, 2.45) is 0 Å². The van der Waals surface area contributed by atoms with Crippen molar-refractivity contribution in [3.8, 4) is 5.75 Å². The Bertz CT molecular complexity index is 379. The highest BCUT2D eigenvalue weighted by atomic mass is 16.5. The van der Waals surface area contributed by atoms with E-state index in [4.69, 9.17) is 9.47 Å². The van der Waals surface area contributed by atoms with Crippen LogP contribution in [0.5, 0.6) is 5.75 Å². The van der Waals surface area contributed by atoms with Gasteiger partial charge in [0.1, 0.15) is 5.75 Å². The fourth-order valence-electron chi connectivity index (χ4n) is 2.38. The Hall–Kier alpha value is -1.06. The molecule has 0 aliphatic carbocycles. The molecule has 106 valence electrons. The van der Waals surface area contributed by atoms with E-state index in [1.54, 1.807) is 0 Å². The molecule has 3 heteroatoms. The van der Waals surface area contributed by atoms with Crippen LogP contribution in [0.4, 0.5) is 0 Å². The van der Waals surface area contributed by atoms with Crippen molar-refractivity contribution in [3.05, 3.63) is 29.8 Å². The lowest BCUT2D eigenvalue weighted by Crippen LogP contribution is -2.28. The van der Waals surface area contributed by atoms with E-state index >= 15 is 0 Å². The molecule has 19 heavy (non-hydrogen) atoms. The van der Waals surface area contributed by atoms with Crippen molar-refractivity contribution in [2.45, 2.75) is 45.3 Å². The molecule has 0 amide bonds. The van der Waals surface area contributed by atoms with Gasteiger partial charge in [-0.15, -0.1) is 0 Å². The zero-order valence-corrected chi connectivity index (χ0v) is 12.0. The van der Waals surface area contributed by atoms with E-state index in [9.17, 15) is 0 Å². The second-order valence-corrected chi connectivity index (χ2v) is 5.31. The first kappa shape index (κ1) is 14.4. The molecule has 1 aliphatic rings. The molecule has 0 bridgehead atoms. The summed E-state index contributed by atoms with van der Waals surface area (Å²) < 4.78 is 11.2. The largest absolute Gasteiger partial charge is 0.493 e. The fraction of sp³-hybridized carbons (Fsp3) is 0.625. The van der Waals surface area contributed by atoms with E-state index in [0.717, 1.165) is 44.8 Å². The molecule has 0 spiro atoms. The smallest absolute Gasteiger partial charge is 0.124 e. The second kappa shape index (κ2) is 7.51. The summed E-state index contributed by atoms with van der Waals surface area (Å²) >= 11 is 0. The number of fused-ring (bicyclic) bond motifs is 1. The molecule has 0 saturated carbocycles. The first-order chi connectivity index (χ1) is 9.27. The van der Waals surface area contributed by atoms with E-state index in [-0.39, 0.29) is 0 Å². The molecule has 1 aromatic rings. The van der Waals surface area contributed by atoms with Crippen LogP contribution < -0.4 is 10.1 Å². The van der Waals surface area contributed by atoms with Gasteiger partial charge in [0.25, 0.3) is 0 Å². The molecule has 1 aromatic carbocycles. The topological polar surface area (TPSA) is 30.5 Å². The van der Waals surface area contributed by atoms with Gasteiger partial charge in [0.2, 0.25) is 0 Å². The minimum atomic E-state index is 0.343. The summed E-state index contributed by atoms with van der Waals surface area (Å²) in [6, 6.07) is 8.77. The van der Waals surface area contributed by atoms with Crippen LogP contribution in [0.2, 0.25) is 0 Å². The number of para-hydroxylation sites is 1. The third kappa shape index (κ3) is 4.51. The standard InChI is InChI=1S/C16H25NO2/c1-13(2)18-11-6-5-10-17-15-9-12-19-16-8-4-3-7-14(15)16/h3-4,7-8,13,15,17H,5-6,9-12H2,1-2H3. The predicted molar refractivity (Wildman–Crippen MR) is 77.6 cm³/mol. The Balaban J connectivity index is 1.70. The predicted octanol–water partition coefficient (Wildman–Crippen LogP) is 3.31. The zero-order valence-electron chi connectivity index (χ0n) is 12.0. The minimum absolute atomic E-state index is 0.343. The number of ether oxygens (including phenoxy) is 2. The molecule has 0 saturated heterocycles. The van der Waals surface area contributed by atoms with Gasteiger partial charge in [0, 0.05) is 24.6 Å². The van der Waals surface area contributed by atoms with Crippen LogP contribution >= 0.6 is 0 Å². The van der Waals surface area contributed by atoms with Crippen molar-refractivity contribution in [1.82, 2.24) is 5.32 Å². The Morgan fingerprint density at radius 3 is 3.00 bits per heavy atom. The Kier molecular flexibility index (Phi) is 5.67. The van der Waals surface area contributed by atoms with Gasteiger partial charge in [-0.1, -0.05) is 18.2 Å². The second-order valence-electron chi connectivity index (χ2n) is 5.31. The molecule has 3 nitrogen and oxygen atoms in total. The zero-order chi connectivity index (χ0) is 13.5. The van der Waals surface area contributed by atoms with E-state index in [1.165, 1.54) is 5.56 Å². The molecular weight excluding hydrogens is 238 g/mol. The normalized spacial score (nSPS) is 18.2. The van der Waals surface area contributed by atoms with Crippen LogP contribution in [0.3, 0.4) is 0 Å². The summed E-state index contributed by atoms with van der Waals surface area (Å²) in [5.74, 6) is 1.04. The molecule has 0 radical (unpaired) electrons. The number of hydrogen-bond donors (Lipinski definition) is 1. The summed E-state index contributed by atoms with van der Waals surface area (Å²) in [5.41, 5.74) is 1.30. The quantitative estimate of drug-likeness (QED) is 0.766. The van der Waals surface area contributed by atoms with Crippen molar-refractivity contribution < 1.29 is 9.47 Å². The van der Waals surface area contributed by atoms with Crippen LogP contribution in [0.1, 0.15) is 44.7 Å². The summed E-state index contributed by atoms with van der Waals surface area (Å²) in [7, 11) is 0. The van der Waals surface area contributed by atoms with Crippen molar-refractivity contribution >= 4 is 0 Å². The van der Waals surface area contributed by atoms with Crippen LogP contribution in [0, 0.1) is 0 Å². The lowest BCUT2D eigenvalue weighted by atomic mass is 10.0. The van der Waals surface area contributed by atoms with E-state index in [2.05, 4.69) is 37.4 Å². The van der Waals surface area contributed by atoms with Gasteiger partial charge < -0.3 is 14.8 Å². The van der Waals surface area contributed by atoms with Gasteiger partial charge in [-0.2, -0.15) is 0 Å². The maximum atomic E-state index is 5.66. The van der Waals surface area contributed by atoms with Gasteiger partial charge in [0.15, 0.2) is 0 Å². The number of nitrogens with one attached hydrogen (secondary N) is 1. The third-order valence-corrected chi connectivity index (χ3v) is 3.37. The van der Waals surface area contributed by atoms with E-state index < -0.39 is 0 Å². The van der Waals surface area contributed by atoms with Gasteiger partial charge in [0.05, 0.1) is 12.7 Å². The maximum Gasteiger partial charge on any atom is 0.124 e. The Morgan fingerprint density at radius 1 is 1.32 bits per heavy atom. The van der Waals surface area contributed by atoms with E-state index in [0.29, 0.717) is 12.1 Å². The van der Waals surface area contributed by atoms with Gasteiger partial charge in [-0.05, 0) is 39.3 Å². The third-order valence-electron chi connectivity index (χ3n) is 3.37. The summed E-state index contributed by atoms with van der Waals surface area (Å²) in [5, 5.41) is 3.63. The first-order valence-electron chi connectivity index (χ1n) is 7.34. The summed E-state index contributed by atoms with van der Waals surface area (Å²) in [6.07, 6.45) is 3.68. The van der Waals surface area contributed by atoms with Gasteiger partial charge >= 0.3 is 0 Å². The number of unbranched alkanes of at least 4 members (excludes halogenated alkanes) is 1. The molecular formula is C16H25NO2. The summed E-state index contributed by atoms with van der Waals surface area (Å²) in [6.45, 7) is 6.88. The first-order valence-corrected chi connectivity index (χ1v) is 7.34. The minimum Gasteiger partial charge on any atom is -0.493 e. The number of rotatable bonds is 7. The molecule has 1 N–H and O–H groups in total. The molecule has 2 rings (SSSR count). The molecule has 0 aromatic heterocycles. The highest BCUT2D eigenvalue weighted by Crippen LogP contribution is 2.31. The highest BCUT2D eigenvalue weighted by molar-refractivity contribution is 5.37. The highest BCUT2D eigenvalue weighted by Gasteiger charge is 2.19. The van der Waals surface area contributed by atoms with Crippen LogP contribution in [0.15, 0.2) is 24.3 Å². The van der Waals surface area contributed by atoms with Gasteiger partial charge in [-0.3, -0.25) is 0 Å². The average Bonchev–Trinajstić information content (AvgIpc) is 2.42. The lowest BCUT2D eigenvalue weighted by molar-refractivity contribution is 0.0758.